The molecule has 140 valence electrons. The first-order chi connectivity index (χ1) is 13.7. The van der Waals surface area contributed by atoms with Gasteiger partial charge in [-0.25, -0.2) is 9.50 Å². The van der Waals surface area contributed by atoms with Crippen LogP contribution in [0.3, 0.4) is 0 Å². The molecule has 0 radical (unpaired) electrons. The first-order valence-corrected chi connectivity index (χ1v) is 9.22. The number of carbonyl (C=O) groups is 1. The molecule has 1 aliphatic rings. The number of rotatable bonds is 3. The zero-order valence-electron chi connectivity index (χ0n) is 15.4. The second kappa shape index (κ2) is 6.56. The quantitative estimate of drug-likeness (QED) is 0.549. The molecule has 3 aromatic heterocycles. The topological polar surface area (TPSA) is 81.2 Å². The van der Waals surface area contributed by atoms with Crippen molar-refractivity contribution >= 4 is 11.6 Å². The highest BCUT2D eigenvalue weighted by Crippen LogP contribution is 2.26. The first kappa shape index (κ1) is 16.6. The lowest BCUT2D eigenvalue weighted by atomic mass is 10.0. The Morgan fingerprint density at radius 3 is 2.86 bits per heavy atom. The summed E-state index contributed by atoms with van der Waals surface area (Å²) in [6.45, 7) is 3.01. The van der Waals surface area contributed by atoms with Crippen LogP contribution < -0.4 is 0 Å². The summed E-state index contributed by atoms with van der Waals surface area (Å²) in [4.78, 5) is 19.2. The molecule has 8 nitrogen and oxygen atoms in total. The zero-order chi connectivity index (χ0) is 19.1. The van der Waals surface area contributed by atoms with E-state index in [0.29, 0.717) is 24.3 Å². The number of benzene rings is 1. The summed E-state index contributed by atoms with van der Waals surface area (Å²) < 4.78 is 3.78. The molecule has 1 aromatic carbocycles. The fourth-order valence-electron chi connectivity index (χ4n) is 3.89. The van der Waals surface area contributed by atoms with Gasteiger partial charge in [-0.2, -0.15) is 5.10 Å². The van der Waals surface area contributed by atoms with E-state index in [1.807, 2.05) is 30.0 Å². The highest BCUT2D eigenvalue weighted by molar-refractivity contribution is 5.94. The molecule has 0 saturated carbocycles. The van der Waals surface area contributed by atoms with E-state index in [4.69, 9.17) is 0 Å². The van der Waals surface area contributed by atoms with Crippen molar-refractivity contribution in [2.45, 2.75) is 25.9 Å². The average Bonchev–Trinajstić information content (AvgIpc) is 3.34. The van der Waals surface area contributed by atoms with E-state index in [0.717, 1.165) is 18.1 Å². The van der Waals surface area contributed by atoms with E-state index in [-0.39, 0.29) is 11.9 Å². The van der Waals surface area contributed by atoms with Crippen molar-refractivity contribution in [3.63, 3.8) is 0 Å². The van der Waals surface area contributed by atoms with E-state index in [9.17, 15) is 4.79 Å². The van der Waals surface area contributed by atoms with E-state index in [1.54, 1.807) is 22.8 Å². The predicted molar refractivity (Wildman–Crippen MR) is 102 cm³/mol. The number of hydrogen-bond acceptors (Lipinski definition) is 5. The SMILES string of the molecule is Cc1nnc2n1[C@H](Cc1ccccc1)CN(C(=O)c1ccc3ncnn3c1)C2. The summed E-state index contributed by atoms with van der Waals surface area (Å²) in [6.07, 6.45) is 4.02. The van der Waals surface area contributed by atoms with Crippen molar-refractivity contribution in [2.24, 2.45) is 0 Å². The minimum atomic E-state index is -0.0395. The molecule has 0 N–H and O–H groups in total. The number of aryl methyl sites for hydroxylation is 1. The maximum Gasteiger partial charge on any atom is 0.255 e. The van der Waals surface area contributed by atoms with E-state index < -0.39 is 0 Å². The van der Waals surface area contributed by atoms with Gasteiger partial charge in [-0.3, -0.25) is 4.79 Å². The van der Waals surface area contributed by atoms with E-state index >= 15 is 0 Å². The number of aromatic nitrogens is 6. The lowest BCUT2D eigenvalue weighted by Crippen LogP contribution is -2.42. The number of carbonyl (C=O) groups excluding carboxylic acids is 1. The first-order valence-electron chi connectivity index (χ1n) is 9.22. The molecule has 5 rings (SSSR count). The van der Waals surface area contributed by atoms with Crippen molar-refractivity contribution in [3.05, 3.63) is 77.8 Å². The number of amides is 1. The molecule has 8 heteroatoms. The van der Waals surface area contributed by atoms with Gasteiger partial charge in [0.2, 0.25) is 0 Å². The standard InChI is InChI=1S/C20H19N7O/c1-14-23-24-19-12-25(11-17(27(14)19)9-15-5-3-2-4-6-15)20(28)16-7-8-18-21-13-22-26(18)10-16/h2-8,10,13,17H,9,11-12H2,1H3/t17-/m1/s1. The van der Waals surface area contributed by atoms with Crippen molar-refractivity contribution in [2.75, 3.05) is 6.54 Å². The predicted octanol–water partition coefficient (Wildman–Crippen LogP) is 2.07. The fraction of sp³-hybridized carbons (Fsp3) is 0.250. The third kappa shape index (κ3) is 2.83. The molecule has 1 atom stereocenters. The van der Waals surface area contributed by atoms with Gasteiger partial charge in [-0.1, -0.05) is 30.3 Å². The molecule has 1 amide bonds. The Labute approximate surface area is 161 Å². The molecule has 1 aliphatic heterocycles. The normalized spacial score (nSPS) is 16.3. The van der Waals surface area contributed by atoms with Crippen LogP contribution in [0, 0.1) is 6.92 Å². The number of fused-ring (bicyclic) bond motifs is 2. The van der Waals surface area contributed by atoms with Crippen LogP contribution in [-0.4, -0.2) is 46.7 Å². The molecule has 0 unspecified atom stereocenters. The Hall–Kier alpha value is -3.55. The largest absolute Gasteiger partial charge is 0.329 e. The van der Waals surface area contributed by atoms with Crippen LogP contribution in [0.25, 0.3) is 5.65 Å². The smallest absolute Gasteiger partial charge is 0.255 e. The van der Waals surface area contributed by atoms with Crippen LogP contribution in [0.1, 0.15) is 33.6 Å². The summed E-state index contributed by atoms with van der Waals surface area (Å²) in [5.41, 5.74) is 2.53. The van der Waals surface area contributed by atoms with Crippen LogP contribution in [0.15, 0.2) is 55.0 Å². The van der Waals surface area contributed by atoms with E-state index in [1.165, 1.54) is 11.9 Å². The Balaban J connectivity index is 1.46. The van der Waals surface area contributed by atoms with Crippen molar-refractivity contribution < 1.29 is 4.79 Å². The van der Waals surface area contributed by atoms with Crippen LogP contribution >= 0.6 is 0 Å². The minimum Gasteiger partial charge on any atom is -0.329 e. The fourth-order valence-corrected chi connectivity index (χ4v) is 3.89. The van der Waals surface area contributed by atoms with Crippen LogP contribution in [0.4, 0.5) is 0 Å². The minimum absolute atomic E-state index is 0.0395. The highest BCUT2D eigenvalue weighted by atomic mass is 16.2. The van der Waals surface area contributed by atoms with Gasteiger partial charge < -0.3 is 9.47 Å². The third-order valence-electron chi connectivity index (χ3n) is 5.19. The van der Waals surface area contributed by atoms with Crippen LogP contribution in [-0.2, 0) is 13.0 Å². The second-order valence-electron chi connectivity index (χ2n) is 7.04. The molecule has 4 heterocycles. The Morgan fingerprint density at radius 1 is 1.14 bits per heavy atom. The summed E-state index contributed by atoms with van der Waals surface area (Å²) in [5.74, 6) is 1.66. The van der Waals surface area contributed by atoms with Crippen molar-refractivity contribution in [3.8, 4) is 0 Å². The molecular formula is C20H19N7O. The van der Waals surface area contributed by atoms with Gasteiger partial charge in [0.25, 0.3) is 5.91 Å². The van der Waals surface area contributed by atoms with Gasteiger partial charge in [0.15, 0.2) is 11.5 Å². The molecule has 0 spiro atoms. The number of hydrogen-bond donors (Lipinski definition) is 0. The number of nitrogens with zero attached hydrogens (tertiary/aromatic N) is 7. The molecule has 0 bridgehead atoms. The van der Waals surface area contributed by atoms with Gasteiger partial charge in [-0.15, -0.1) is 10.2 Å². The van der Waals surface area contributed by atoms with Gasteiger partial charge in [-0.05, 0) is 31.0 Å². The molecule has 0 fully saturated rings. The van der Waals surface area contributed by atoms with Crippen LogP contribution in [0.2, 0.25) is 0 Å². The Kier molecular flexibility index (Phi) is 3.89. The zero-order valence-corrected chi connectivity index (χ0v) is 15.4. The van der Waals surface area contributed by atoms with E-state index in [2.05, 4.69) is 37.0 Å². The highest BCUT2D eigenvalue weighted by Gasteiger charge is 2.31. The maximum atomic E-state index is 13.2. The third-order valence-corrected chi connectivity index (χ3v) is 5.19. The molecular weight excluding hydrogens is 354 g/mol. The Bertz CT molecular complexity index is 1150. The summed E-state index contributed by atoms with van der Waals surface area (Å²) in [6, 6.07) is 14.0. The van der Waals surface area contributed by atoms with Gasteiger partial charge >= 0.3 is 0 Å². The monoisotopic (exact) mass is 373 g/mol. The van der Waals surface area contributed by atoms with Crippen molar-refractivity contribution in [1.29, 1.82) is 0 Å². The molecule has 28 heavy (non-hydrogen) atoms. The average molecular weight is 373 g/mol. The van der Waals surface area contributed by atoms with Crippen molar-refractivity contribution in [1.82, 2.24) is 34.3 Å². The molecule has 4 aromatic rings. The summed E-state index contributed by atoms with van der Waals surface area (Å²) in [5, 5.41) is 12.7. The Morgan fingerprint density at radius 2 is 2.00 bits per heavy atom. The second-order valence-corrected chi connectivity index (χ2v) is 7.04. The van der Waals surface area contributed by atoms with Gasteiger partial charge in [0, 0.05) is 12.7 Å². The summed E-state index contributed by atoms with van der Waals surface area (Å²) >= 11 is 0. The molecule has 0 saturated heterocycles. The lowest BCUT2D eigenvalue weighted by molar-refractivity contribution is 0.0671. The lowest BCUT2D eigenvalue weighted by Gasteiger charge is -2.34. The van der Waals surface area contributed by atoms with Gasteiger partial charge in [0.1, 0.15) is 12.2 Å². The molecule has 0 aliphatic carbocycles. The maximum absolute atomic E-state index is 13.2. The van der Waals surface area contributed by atoms with Gasteiger partial charge in [0.05, 0.1) is 18.2 Å². The summed E-state index contributed by atoms with van der Waals surface area (Å²) in [7, 11) is 0. The number of pyridine rings is 1. The van der Waals surface area contributed by atoms with Crippen LogP contribution in [0.5, 0.6) is 0 Å².